The summed E-state index contributed by atoms with van der Waals surface area (Å²) in [6.45, 7) is 4.20. The van der Waals surface area contributed by atoms with Crippen molar-refractivity contribution >= 4 is 29.3 Å². The molecule has 0 saturated heterocycles. The number of thioether (sulfide) groups is 1. The summed E-state index contributed by atoms with van der Waals surface area (Å²) < 4.78 is 19.0. The van der Waals surface area contributed by atoms with Crippen LogP contribution in [-0.2, 0) is 9.59 Å². The fourth-order valence-corrected chi connectivity index (χ4v) is 3.92. The fourth-order valence-electron chi connectivity index (χ4n) is 3.15. The predicted octanol–water partition coefficient (Wildman–Crippen LogP) is 4.02. The Morgan fingerprint density at radius 2 is 1.86 bits per heavy atom. The molecular weight excluding hydrogens is 391 g/mol. The Morgan fingerprint density at radius 1 is 1.17 bits per heavy atom. The second kappa shape index (κ2) is 9.78. The van der Waals surface area contributed by atoms with Crippen LogP contribution in [0.5, 0.6) is 5.75 Å². The quantitative estimate of drug-likeness (QED) is 0.693. The van der Waals surface area contributed by atoms with Gasteiger partial charge in [-0.1, -0.05) is 26.0 Å². The van der Waals surface area contributed by atoms with E-state index in [9.17, 15) is 14.0 Å². The number of nitrogens with zero attached hydrogens (tertiary/aromatic N) is 1. The number of carbonyl (C=O) groups is 2. The lowest BCUT2D eigenvalue weighted by Gasteiger charge is -2.34. The van der Waals surface area contributed by atoms with Crippen LogP contribution in [0.15, 0.2) is 53.4 Å². The van der Waals surface area contributed by atoms with Crippen LogP contribution in [0.4, 0.5) is 10.1 Å². The first-order chi connectivity index (χ1) is 14.0. The highest BCUT2D eigenvalue weighted by Gasteiger charge is 2.34. The number of benzene rings is 2. The number of fused-ring (bicyclic) bond motifs is 1. The maximum absolute atomic E-state index is 13.1. The largest absolute Gasteiger partial charge is 0.477 e. The van der Waals surface area contributed by atoms with Gasteiger partial charge in [0.2, 0.25) is 5.91 Å². The Morgan fingerprint density at radius 3 is 2.55 bits per heavy atom. The molecule has 0 radical (unpaired) electrons. The number of nitrogens with one attached hydrogen (secondary N) is 1. The first kappa shape index (κ1) is 21.2. The van der Waals surface area contributed by atoms with Gasteiger partial charge in [-0.2, -0.15) is 0 Å². The zero-order chi connectivity index (χ0) is 20.8. The maximum Gasteiger partial charge on any atom is 0.263 e. The average molecular weight is 417 g/mol. The Balaban J connectivity index is 1.72. The number of para-hydroxylation sites is 2. The van der Waals surface area contributed by atoms with E-state index >= 15 is 0 Å². The van der Waals surface area contributed by atoms with Gasteiger partial charge in [0, 0.05) is 10.9 Å². The zero-order valence-electron chi connectivity index (χ0n) is 16.6. The molecule has 1 heterocycles. The molecule has 7 heteroatoms. The predicted molar refractivity (Wildman–Crippen MR) is 113 cm³/mol. The summed E-state index contributed by atoms with van der Waals surface area (Å²) in [4.78, 5) is 28.1. The summed E-state index contributed by atoms with van der Waals surface area (Å²) >= 11 is 1.33. The van der Waals surface area contributed by atoms with Crippen LogP contribution in [0.1, 0.15) is 26.7 Å². The van der Waals surface area contributed by atoms with Gasteiger partial charge < -0.3 is 15.0 Å². The lowest BCUT2D eigenvalue weighted by molar-refractivity contribution is -0.129. The minimum atomic E-state index is -0.759. The number of ether oxygens (including phenoxy) is 1. The van der Waals surface area contributed by atoms with Crippen LogP contribution >= 0.6 is 11.8 Å². The summed E-state index contributed by atoms with van der Waals surface area (Å²) in [5.41, 5.74) is 0.656. The molecule has 1 aliphatic heterocycles. The Kier molecular flexibility index (Phi) is 7.14. The van der Waals surface area contributed by atoms with Gasteiger partial charge in [0.15, 0.2) is 6.10 Å². The molecule has 1 atom stereocenters. The molecule has 1 aliphatic rings. The van der Waals surface area contributed by atoms with Crippen molar-refractivity contribution in [1.82, 2.24) is 5.32 Å². The van der Waals surface area contributed by atoms with Crippen molar-refractivity contribution < 1.29 is 18.7 Å². The van der Waals surface area contributed by atoms with Crippen molar-refractivity contribution in [3.8, 4) is 5.75 Å². The van der Waals surface area contributed by atoms with Gasteiger partial charge in [0.1, 0.15) is 11.6 Å². The van der Waals surface area contributed by atoms with Crippen molar-refractivity contribution in [2.75, 3.05) is 17.2 Å². The third kappa shape index (κ3) is 5.29. The van der Waals surface area contributed by atoms with Gasteiger partial charge in [0.25, 0.3) is 5.91 Å². The van der Waals surface area contributed by atoms with Crippen LogP contribution in [0.25, 0.3) is 0 Å². The molecule has 3 rings (SSSR count). The third-order valence-corrected chi connectivity index (χ3v) is 5.87. The molecule has 5 nitrogen and oxygen atoms in total. The van der Waals surface area contributed by atoms with Crippen LogP contribution in [-0.4, -0.2) is 36.3 Å². The number of carbonyl (C=O) groups excluding carboxylic acids is 2. The van der Waals surface area contributed by atoms with Crippen LogP contribution in [0.3, 0.4) is 0 Å². The van der Waals surface area contributed by atoms with Crippen molar-refractivity contribution in [2.45, 2.75) is 43.7 Å². The molecule has 2 amide bonds. The van der Waals surface area contributed by atoms with Crippen LogP contribution < -0.4 is 15.0 Å². The van der Waals surface area contributed by atoms with Crippen molar-refractivity contribution in [2.24, 2.45) is 0 Å². The van der Waals surface area contributed by atoms with Gasteiger partial charge in [-0.15, -0.1) is 11.8 Å². The summed E-state index contributed by atoms with van der Waals surface area (Å²) in [5.74, 6) is 0.0474. The van der Waals surface area contributed by atoms with Crippen molar-refractivity contribution in [3.63, 3.8) is 0 Å². The van der Waals surface area contributed by atoms with Gasteiger partial charge in [0.05, 0.1) is 18.0 Å². The average Bonchev–Trinajstić information content (AvgIpc) is 2.75. The molecule has 0 aromatic heterocycles. The number of hydrogen-bond acceptors (Lipinski definition) is 4. The van der Waals surface area contributed by atoms with E-state index < -0.39 is 6.10 Å². The van der Waals surface area contributed by atoms with Gasteiger partial charge in [-0.25, -0.2) is 4.39 Å². The monoisotopic (exact) mass is 416 g/mol. The summed E-state index contributed by atoms with van der Waals surface area (Å²) in [5, 5.41) is 3.00. The summed E-state index contributed by atoms with van der Waals surface area (Å²) in [6, 6.07) is 13.3. The smallest absolute Gasteiger partial charge is 0.263 e. The molecule has 2 aromatic carbocycles. The second-order valence-corrected chi connectivity index (χ2v) is 7.89. The highest BCUT2D eigenvalue weighted by atomic mass is 32.2. The number of rotatable bonds is 7. The Bertz CT molecular complexity index is 855. The minimum absolute atomic E-state index is 0.0847. The van der Waals surface area contributed by atoms with E-state index in [0.717, 1.165) is 17.7 Å². The molecule has 0 fully saturated rings. The van der Waals surface area contributed by atoms with Crippen LogP contribution in [0, 0.1) is 5.82 Å². The Hall–Kier alpha value is -2.54. The lowest BCUT2D eigenvalue weighted by Crippen LogP contribution is -2.52. The lowest BCUT2D eigenvalue weighted by atomic mass is 10.1. The number of anilines is 1. The Labute approximate surface area is 174 Å². The zero-order valence-corrected chi connectivity index (χ0v) is 17.4. The van der Waals surface area contributed by atoms with E-state index in [0.29, 0.717) is 11.4 Å². The number of halogens is 1. The van der Waals surface area contributed by atoms with Crippen molar-refractivity contribution in [3.05, 3.63) is 54.3 Å². The first-order valence-electron chi connectivity index (χ1n) is 9.76. The summed E-state index contributed by atoms with van der Waals surface area (Å²) in [6.07, 6.45) is 0.913. The van der Waals surface area contributed by atoms with E-state index in [-0.39, 0.29) is 36.0 Å². The molecule has 0 saturated carbocycles. The molecule has 29 heavy (non-hydrogen) atoms. The topological polar surface area (TPSA) is 58.6 Å². The molecule has 0 spiro atoms. The minimum Gasteiger partial charge on any atom is -0.477 e. The van der Waals surface area contributed by atoms with E-state index in [1.807, 2.05) is 32.0 Å². The van der Waals surface area contributed by atoms with Gasteiger partial charge >= 0.3 is 0 Å². The van der Waals surface area contributed by atoms with Gasteiger partial charge in [-0.3, -0.25) is 9.59 Å². The van der Waals surface area contributed by atoms with E-state index in [1.54, 1.807) is 23.1 Å². The molecular formula is C22H25FN2O3S. The maximum atomic E-state index is 13.1. The first-order valence-corrected chi connectivity index (χ1v) is 10.7. The van der Waals surface area contributed by atoms with Crippen LogP contribution in [0.2, 0.25) is 0 Å². The molecule has 154 valence electrons. The fraction of sp³-hybridized carbons (Fsp3) is 0.364. The molecule has 2 aromatic rings. The normalized spacial score (nSPS) is 15.6. The number of hydrogen-bond donors (Lipinski definition) is 1. The summed E-state index contributed by atoms with van der Waals surface area (Å²) in [7, 11) is 0. The van der Waals surface area contributed by atoms with Gasteiger partial charge in [-0.05, 0) is 49.2 Å². The van der Waals surface area contributed by atoms with E-state index in [4.69, 9.17) is 4.74 Å². The molecule has 0 bridgehead atoms. The highest BCUT2D eigenvalue weighted by molar-refractivity contribution is 8.00. The number of amides is 2. The standard InChI is InChI=1S/C22H25FN2O3S/c1-3-16(4-2)24-22(27)20-13-25(18-7-5-6-8-19(18)28-20)21(26)14-29-17-11-9-15(23)10-12-17/h5-12,16,20H,3-4,13-14H2,1-2H3,(H,24,27). The highest BCUT2D eigenvalue weighted by Crippen LogP contribution is 2.34. The molecule has 1 N–H and O–H groups in total. The van der Waals surface area contributed by atoms with Crippen molar-refractivity contribution in [1.29, 1.82) is 0 Å². The van der Waals surface area contributed by atoms with E-state index in [2.05, 4.69) is 5.32 Å². The third-order valence-electron chi connectivity index (χ3n) is 4.88. The SMILES string of the molecule is CCC(CC)NC(=O)C1CN(C(=O)CSc2ccc(F)cc2)c2ccccc2O1. The second-order valence-electron chi connectivity index (χ2n) is 6.84. The molecule has 0 aliphatic carbocycles. The van der Waals surface area contributed by atoms with E-state index in [1.165, 1.54) is 23.9 Å². The molecule has 1 unspecified atom stereocenters.